The predicted octanol–water partition coefficient (Wildman–Crippen LogP) is 10.7. The summed E-state index contributed by atoms with van der Waals surface area (Å²) in [5.41, 5.74) is 0. The van der Waals surface area contributed by atoms with E-state index in [0.717, 1.165) is 77.0 Å². The second-order valence-electron chi connectivity index (χ2n) is 13.3. The van der Waals surface area contributed by atoms with Crippen LogP contribution in [0.4, 0.5) is 0 Å². The number of allylic oxidation sites excluding steroid dienone is 14. The van der Waals surface area contributed by atoms with E-state index in [1.54, 1.807) is 0 Å². The minimum atomic E-state index is -4.64. The van der Waals surface area contributed by atoms with Gasteiger partial charge in [-0.25, -0.2) is 4.57 Å². The molecule has 0 aliphatic rings. The number of phosphoric acid groups is 1. The molecular formula is C44H73O10P. The van der Waals surface area contributed by atoms with Crippen LogP contribution in [-0.4, -0.2) is 65.7 Å². The van der Waals surface area contributed by atoms with Crippen LogP contribution < -0.4 is 0 Å². The molecule has 0 aliphatic carbocycles. The number of unbranched alkanes of at least 4 members (excludes halogenated alkanes) is 9. The molecule has 0 spiro atoms. The van der Waals surface area contributed by atoms with Crippen LogP contribution in [0.15, 0.2) is 85.1 Å². The van der Waals surface area contributed by atoms with Gasteiger partial charge in [-0.1, -0.05) is 125 Å². The SMILES string of the molecule is CC/C=C\C/C=C\C/C=C\C/C=C\CCCCC(=O)O[C@H](COC(=O)CCCCCC/C=C\C/C=C\C/C=C\CCCCC)COP(=O)(O)OC[C@@H](O)CO. The van der Waals surface area contributed by atoms with Crippen molar-refractivity contribution in [2.24, 2.45) is 0 Å². The molecule has 1 unspecified atom stereocenters. The Morgan fingerprint density at radius 3 is 1.53 bits per heavy atom. The normalized spacial score (nSPS) is 14.8. The highest BCUT2D eigenvalue weighted by Crippen LogP contribution is 2.43. The maximum atomic E-state index is 12.6. The van der Waals surface area contributed by atoms with Gasteiger partial charge in [-0.15, -0.1) is 0 Å². The van der Waals surface area contributed by atoms with Gasteiger partial charge in [-0.05, 0) is 89.9 Å². The van der Waals surface area contributed by atoms with Crippen molar-refractivity contribution < 1.29 is 47.8 Å². The lowest BCUT2D eigenvalue weighted by Crippen LogP contribution is -2.29. The molecule has 0 radical (unpaired) electrons. The number of carbonyl (C=O) groups is 2. The van der Waals surface area contributed by atoms with Gasteiger partial charge in [0.15, 0.2) is 6.10 Å². The Kier molecular flexibility index (Phi) is 37.3. The summed E-state index contributed by atoms with van der Waals surface area (Å²) < 4.78 is 32.6. The molecule has 0 saturated heterocycles. The number of phosphoric ester groups is 1. The van der Waals surface area contributed by atoms with Crippen molar-refractivity contribution in [1.29, 1.82) is 0 Å². The number of aliphatic hydroxyl groups is 2. The summed E-state index contributed by atoms with van der Waals surface area (Å²) >= 11 is 0. The summed E-state index contributed by atoms with van der Waals surface area (Å²) in [5.74, 6) is -1.01. The number of ether oxygens (including phenoxy) is 2. The molecule has 0 aromatic heterocycles. The Morgan fingerprint density at radius 1 is 0.564 bits per heavy atom. The molecule has 10 nitrogen and oxygen atoms in total. The third kappa shape index (κ3) is 39.2. The van der Waals surface area contributed by atoms with Crippen molar-refractivity contribution in [3.63, 3.8) is 0 Å². The molecule has 0 amide bonds. The third-order valence-corrected chi connectivity index (χ3v) is 8.98. The summed E-state index contributed by atoms with van der Waals surface area (Å²) in [6, 6.07) is 0. The molecule has 0 rings (SSSR count). The highest BCUT2D eigenvalue weighted by Gasteiger charge is 2.27. The Bertz CT molecular complexity index is 1190. The number of aliphatic hydroxyl groups excluding tert-OH is 2. The summed E-state index contributed by atoms with van der Waals surface area (Å²) in [4.78, 5) is 34.9. The zero-order valence-corrected chi connectivity index (χ0v) is 34.7. The largest absolute Gasteiger partial charge is 0.472 e. The van der Waals surface area contributed by atoms with Crippen molar-refractivity contribution in [3.05, 3.63) is 85.1 Å². The topological polar surface area (TPSA) is 149 Å². The highest BCUT2D eigenvalue weighted by molar-refractivity contribution is 7.47. The van der Waals surface area contributed by atoms with Crippen molar-refractivity contribution >= 4 is 19.8 Å². The van der Waals surface area contributed by atoms with Crippen LogP contribution in [0.1, 0.15) is 142 Å². The Hall–Kier alpha value is -2.85. The van der Waals surface area contributed by atoms with Crippen molar-refractivity contribution in [3.8, 4) is 0 Å². The molecule has 0 heterocycles. The van der Waals surface area contributed by atoms with E-state index < -0.39 is 51.8 Å². The zero-order chi connectivity index (χ0) is 40.5. The Balaban J connectivity index is 4.46. The summed E-state index contributed by atoms with van der Waals surface area (Å²) in [6.45, 7) is 2.13. The quantitative estimate of drug-likeness (QED) is 0.0240. The maximum Gasteiger partial charge on any atom is 0.472 e. The number of hydrogen-bond donors (Lipinski definition) is 3. The number of hydrogen-bond acceptors (Lipinski definition) is 9. The first kappa shape index (κ1) is 52.2. The molecule has 0 aromatic carbocycles. The average Bonchev–Trinajstić information content (AvgIpc) is 3.17. The van der Waals surface area contributed by atoms with Crippen molar-refractivity contribution in [1.82, 2.24) is 0 Å². The molecule has 11 heteroatoms. The van der Waals surface area contributed by atoms with Gasteiger partial charge in [0.2, 0.25) is 0 Å². The number of carbonyl (C=O) groups excluding carboxylic acids is 2. The van der Waals surface area contributed by atoms with Gasteiger partial charge in [-0.3, -0.25) is 18.6 Å². The van der Waals surface area contributed by atoms with Crippen molar-refractivity contribution in [2.75, 3.05) is 26.4 Å². The van der Waals surface area contributed by atoms with E-state index in [4.69, 9.17) is 19.1 Å². The van der Waals surface area contributed by atoms with Gasteiger partial charge in [0.05, 0.1) is 19.8 Å². The van der Waals surface area contributed by atoms with Gasteiger partial charge in [0, 0.05) is 12.8 Å². The van der Waals surface area contributed by atoms with Crippen LogP contribution in [0.25, 0.3) is 0 Å². The summed E-state index contributed by atoms with van der Waals surface area (Å²) in [7, 11) is -4.64. The lowest BCUT2D eigenvalue weighted by atomic mass is 10.1. The minimum Gasteiger partial charge on any atom is -0.462 e. The molecule has 0 bridgehead atoms. The molecule has 314 valence electrons. The lowest BCUT2D eigenvalue weighted by Gasteiger charge is -2.20. The first-order valence-corrected chi connectivity index (χ1v) is 22.0. The zero-order valence-electron chi connectivity index (χ0n) is 33.9. The third-order valence-electron chi connectivity index (χ3n) is 8.03. The molecule has 55 heavy (non-hydrogen) atoms. The van der Waals surface area contributed by atoms with Gasteiger partial charge in [0.1, 0.15) is 12.7 Å². The van der Waals surface area contributed by atoms with Crippen LogP contribution in [0.3, 0.4) is 0 Å². The molecule has 3 atom stereocenters. The number of esters is 2. The fourth-order valence-corrected chi connectivity index (χ4v) is 5.66. The van der Waals surface area contributed by atoms with E-state index in [9.17, 15) is 24.2 Å². The first-order valence-electron chi connectivity index (χ1n) is 20.5. The Morgan fingerprint density at radius 2 is 1.00 bits per heavy atom. The van der Waals surface area contributed by atoms with E-state index in [-0.39, 0.29) is 19.4 Å². The standard InChI is InChI=1S/C44H73O10P/c1-3-5-7-9-11-13-15-17-19-20-22-23-25-27-29-31-33-35-43(47)51-39-42(40-53-55(49,50)52-38-41(46)37-45)54-44(48)36-34-32-30-28-26-24-21-18-16-14-12-10-8-6-4-2/h6,8,11-14,17-19,21-23,26,28,41-42,45-46H,3-5,7,9-10,15-16,20,24-25,27,29-40H2,1-2H3,(H,49,50)/b8-6-,13-11-,14-12-,19-17-,21-18-,23-22-,28-26-/t41-,42+/m0/s1. The molecule has 0 fully saturated rings. The molecule has 3 N–H and O–H groups in total. The van der Waals surface area contributed by atoms with E-state index in [1.807, 2.05) is 0 Å². The van der Waals surface area contributed by atoms with Gasteiger partial charge < -0.3 is 24.6 Å². The second-order valence-corrected chi connectivity index (χ2v) is 14.7. The van der Waals surface area contributed by atoms with Crippen LogP contribution in [-0.2, 0) is 32.7 Å². The van der Waals surface area contributed by atoms with Crippen molar-refractivity contribution in [2.45, 2.75) is 154 Å². The molecule has 0 aromatic rings. The smallest absolute Gasteiger partial charge is 0.462 e. The fraction of sp³-hybridized carbons (Fsp3) is 0.636. The molecule has 0 aliphatic heterocycles. The molecular weight excluding hydrogens is 719 g/mol. The van der Waals surface area contributed by atoms with Gasteiger partial charge >= 0.3 is 19.8 Å². The fourth-order valence-electron chi connectivity index (χ4n) is 4.87. The number of rotatable bonds is 37. The second kappa shape index (κ2) is 39.4. The predicted molar refractivity (Wildman–Crippen MR) is 223 cm³/mol. The molecule has 0 saturated carbocycles. The van der Waals surface area contributed by atoms with Crippen LogP contribution in [0, 0.1) is 0 Å². The van der Waals surface area contributed by atoms with Gasteiger partial charge in [0.25, 0.3) is 0 Å². The lowest BCUT2D eigenvalue weighted by molar-refractivity contribution is -0.161. The summed E-state index contributed by atoms with van der Waals surface area (Å²) in [6.07, 6.45) is 45.5. The van der Waals surface area contributed by atoms with Gasteiger partial charge in [-0.2, -0.15) is 0 Å². The monoisotopic (exact) mass is 792 g/mol. The summed E-state index contributed by atoms with van der Waals surface area (Å²) in [5, 5.41) is 18.3. The van der Waals surface area contributed by atoms with E-state index in [2.05, 4.69) is 103 Å². The van der Waals surface area contributed by atoms with E-state index in [0.29, 0.717) is 12.8 Å². The van der Waals surface area contributed by atoms with E-state index in [1.165, 1.54) is 25.7 Å². The average molecular weight is 793 g/mol. The first-order chi connectivity index (χ1) is 26.7. The van der Waals surface area contributed by atoms with E-state index >= 15 is 0 Å². The van der Waals surface area contributed by atoms with Crippen LogP contribution in [0.2, 0.25) is 0 Å². The maximum absolute atomic E-state index is 12.6. The van der Waals surface area contributed by atoms with Crippen LogP contribution in [0.5, 0.6) is 0 Å². The Labute approximate surface area is 332 Å². The highest BCUT2D eigenvalue weighted by atomic mass is 31.2. The van der Waals surface area contributed by atoms with Crippen LogP contribution >= 0.6 is 7.82 Å². The minimum absolute atomic E-state index is 0.122.